The zero-order valence-electron chi connectivity index (χ0n) is 26.0. The molecule has 0 bridgehead atoms. The number of likely N-dealkylation sites (N-methyl/N-ethyl adjacent to an activating group) is 1. The van der Waals surface area contributed by atoms with Crippen LogP contribution in [0.5, 0.6) is 0 Å². The molecular formula is C39H44N3+. The first kappa shape index (κ1) is 29.1. The summed E-state index contributed by atoms with van der Waals surface area (Å²) in [5.74, 6) is 0.415. The van der Waals surface area contributed by atoms with Gasteiger partial charge in [-0.1, -0.05) is 83.5 Å². The maximum Gasteiger partial charge on any atom is 0.221 e. The first-order valence-electron chi connectivity index (χ1n) is 15.1. The second-order valence-corrected chi connectivity index (χ2v) is 11.4. The summed E-state index contributed by atoms with van der Waals surface area (Å²) in [6.45, 7) is 26.2. The van der Waals surface area contributed by atoms with Gasteiger partial charge in [0, 0.05) is 60.5 Å². The summed E-state index contributed by atoms with van der Waals surface area (Å²) < 4.78 is 4.69. The Morgan fingerprint density at radius 3 is 2.40 bits per heavy atom. The fraction of sp³-hybridized carbons (Fsp3) is 0.256. The second kappa shape index (κ2) is 11.5. The molecule has 0 radical (unpaired) electrons. The lowest BCUT2D eigenvalue weighted by Crippen LogP contribution is -2.62. The highest BCUT2D eigenvalue weighted by molar-refractivity contribution is 5.87. The van der Waals surface area contributed by atoms with Gasteiger partial charge in [-0.25, -0.2) is 0 Å². The topological polar surface area (TPSA) is 12.1 Å². The number of nitrogens with zero attached hydrogens (tertiary/aromatic N) is 3. The van der Waals surface area contributed by atoms with Crippen LogP contribution < -0.4 is 9.47 Å². The molecule has 0 amide bonds. The van der Waals surface area contributed by atoms with Crippen LogP contribution in [0, 0.1) is 6.92 Å². The summed E-state index contributed by atoms with van der Waals surface area (Å²) in [5.41, 5.74) is 11.4. The predicted octanol–water partition coefficient (Wildman–Crippen LogP) is 9.89. The number of allylic oxidation sites excluding steroid dienone is 3. The third kappa shape index (κ3) is 4.48. The monoisotopic (exact) mass is 554 g/mol. The van der Waals surface area contributed by atoms with Crippen LogP contribution in [0.2, 0.25) is 0 Å². The fourth-order valence-electron chi connectivity index (χ4n) is 7.16. The minimum absolute atomic E-state index is 0.00957. The van der Waals surface area contributed by atoms with Gasteiger partial charge in [-0.3, -0.25) is 0 Å². The molecule has 0 aliphatic carbocycles. The van der Waals surface area contributed by atoms with Gasteiger partial charge in [0.1, 0.15) is 0 Å². The van der Waals surface area contributed by atoms with Crippen LogP contribution in [0.4, 0.5) is 5.69 Å². The molecule has 1 atom stereocenters. The van der Waals surface area contributed by atoms with E-state index in [1.165, 1.54) is 27.8 Å². The Labute approximate surface area is 252 Å². The Balaban J connectivity index is 1.55. The number of aromatic nitrogens is 2. The number of aryl methyl sites for hydroxylation is 1. The smallest absolute Gasteiger partial charge is 0.221 e. The van der Waals surface area contributed by atoms with Crippen molar-refractivity contribution < 1.29 is 4.57 Å². The van der Waals surface area contributed by atoms with E-state index in [0.29, 0.717) is 5.92 Å². The van der Waals surface area contributed by atoms with Crippen molar-refractivity contribution in [2.24, 2.45) is 0 Å². The molecule has 214 valence electrons. The minimum Gasteiger partial charge on any atom is -0.345 e. The van der Waals surface area contributed by atoms with Gasteiger partial charge in [0.2, 0.25) is 5.69 Å². The fourth-order valence-corrected chi connectivity index (χ4v) is 7.16. The van der Waals surface area contributed by atoms with E-state index in [-0.39, 0.29) is 5.54 Å². The SMILES string of the molecule is C=Cc1cc[n+]2c(c1C=C)-c1cc(N(C)C(=C)C=CC(=C)n3cc(C)c4ccccc43)ccc1C(CC)C2(CC)CC. The molecule has 0 spiro atoms. The van der Waals surface area contributed by atoms with E-state index < -0.39 is 0 Å². The van der Waals surface area contributed by atoms with Gasteiger partial charge in [0.25, 0.3) is 0 Å². The van der Waals surface area contributed by atoms with Crippen LogP contribution in [0.15, 0.2) is 105 Å². The first-order chi connectivity index (χ1) is 20.3. The van der Waals surface area contributed by atoms with Crippen molar-refractivity contribution in [1.82, 2.24) is 4.57 Å². The number of fused-ring (bicyclic) bond motifs is 4. The molecule has 3 nitrogen and oxygen atoms in total. The molecule has 2 aromatic heterocycles. The number of pyridine rings is 1. The highest BCUT2D eigenvalue weighted by atomic mass is 15.1. The zero-order valence-corrected chi connectivity index (χ0v) is 26.0. The molecule has 5 rings (SSSR count). The van der Waals surface area contributed by atoms with Gasteiger partial charge in [-0.2, -0.15) is 4.57 Å². The summed E-state index contributed by atoms with van der Waals surface area (Å²) >= 11 is 0. The molecule has 4 aromatic rings. The number of rotatable bonds is 10. The summed E-state index contributed by atoms with van der Waals surface area (Å²) in [6.07, 6.45) is 15.6. The van der Waals surface area contributed by atoms with Crippen LogP contribution in [-0.2, 0) is 5.54 Å². The Morgan fingerprint density at radius 2 is 1.74 bits per heavy atom. The van der Waals surface area contributed by atoms with Crippen molar-refractivity contribution in [1.29, 1.82) is 0 Å². The lowest BCUT2D eigenvalue weighted by Gasteiger charge is -2.40. The maximum absolute atomic E-state index is 4.42. The predicted molar refractivity (Wildman–Crippen MR) is 183 cm³/mol. The number of anilines is 1. The van der Waals surface area contributed by atoms with Crippen molar-refractivity contribution >= 4 is 34.4 Å². The highest BCUT2D eigenvalue weighted by Gasteiger charge is 2.51. The van der Waals surface area contributed by atoms with Gasteiger partial charge in [-0.15, -0.1) is 0 Å². The molecule has 3 heterocycles. The molecule has 0 N–H and O–H groups in total. The van der Waals surface area contributed by atoms with E-state index in [2.05, 4.69) is 136 Å². The average Bonchev–Trinajstić information content (AvgIpc) is 3.37. The summed E-state index contributed by atoms with van der Waals surface area (Å²) in [6, 6.07) is 17.5. The molecule has 3 heteroatoms. The molecule has 1 unspecified atom stereocenters. The quantitative estimate of drug-likeness (QED) is 0.140. The van der Waals surface area contributed by atoms with Crippen molar-refractivity contribution in [3.05, 3.63) is 127 Å². The molecule has 0 saturated heterocycles. The number of benzene rings is 2. The Bertz CT molecular complexity index is 1740. The molecule has 0 saturated carbocycles. The maximum atomic E-state index is 4.42. The number of hydrogen-bond acceptors (Lipinski definition) is 1. The van der Waals surface area contributed by atoms with Crippen LogP contribution >= 0.6 is 0 Å². The standard InChI is InChI=1S/C39H44N3/c1-10-30-23-24-42-38(32(30)11-2)35-25-31(21-22-34(35)36(12-3)39(42,13-4)14-5)40(9)28(7)19-20-29(8)41-26-27(6)33-17-15-16-18-37(33)41/h10-11,15-26,36H,1-2,7-8,12-14H2,3-6,9H3/q+1. The van der Waals surface area contributed by atoms with Crippen molar-refractivity contribution in [2.45, 2.75) is 58.4 Å². The normalized spacial score (nSPS) is 15.3. The van der Waals surface area contributed by atoms with Crippen molar-refractivity contribution in [3.8, 4) is 11.3 Å². The molecular weight excluding hydrogens is 510 g/mol. The summed E-state index contributed by atoms with van der Waals surface area (Å²) in [5, 5.41) is 1.24. The van der Waals surface area contributed by atoms with Gasteiger partial charge in [-0.05, 0) is 60.4 Å². The summed E-state index contributed by atoms with van der Waals surface area (Å²) in [4.78, 5) is 2.15. The van der Waals surface area contributed by atoms with E-state index in [0.717, 1.165) is 53.0 Å². The number of hydrogen-bond donors (Lipinski definition) is 0. The van der Waals surface area contributed by atoms with Crippen molar-refractivity contribution in [3.63, 3.8) is 0 Å². The van der Waals surface area contributed by atoms with Gasteiger partial charge in [0.15, 0.2) is 11.7 Å². The van der Waals surface area contributed by atoms with Crippen LogP contribution in [0.3, 0.4) is 0 Å². The molecule has 1 aliphatic heterocycles. The molecule has 2 aromatic carbocycles. The van der Waals surface area contributed by atoms with Crippen LogP contribution in [-0.4, -0.2) is 11.6 Å². The third-order valence-corrected chi connectivity index (χ3v) is 9.57. The van der Waals surface area contributed by atoms with E-state index in [9.17, 15) is 0 Å². The summed E-state index contributed by atoms with van der Waals surface area (Å²) in [7, 11) is 2.08. The minimum atomic E-state index is 0.00957. The Morgan fingerprint density at radius 1 is 1.00 bits per heavy atom. The zero-order chi connectivity index (χ0) is 30.2. The highest BCUT2D eigenvalue weighted by Crippen LogP contribution is 2.49. The first-order valence-corrected chi connectivity index (χ1v) is 15.1. The lowest BCUT2D eigenvalue weighted by atomic mass is 9.68. The van der Waals surface area contributed by atoms with Crippen molar-refractivity contribution in [2.75, 3.05) is 11.9 Å². The Hall–Kier alpha value is -4.37. The number of para-hydroxylation sites is 1. The average molecular weight is 555 g/mol. The van der Waals surface area contributed by atoms with Gasteiger partial charge in [0.05, 0.1) is 16.6 Å². The second-order valence-electron chi connectivity index (χ2n) is 11.4. The third-order valence-electron chi connectivity index (χ3n) is 9.57. The largest absolute Gasteiger partial charge is 0.345 e. The van der Waals surface area contributed by atoms with Crippen LogP contribution in [0.25, 0.3) is 40.0 Å². The van der Waals surface area contributed by atoms with E-state index in [4.69, 9.17) is 0 Å². The van der Waals surface area contributed by atoms with E-state index in [1.54, 1.807) is 0 Å². The van der Waals surface area contributed by atoms with Crippen LogP contribution in [0.1, 0.15) is 68.2 Å². The van der Waals surface area contributed by atoms with E-state index >= 15 is 0 Å². The van der Waals surface area contributed by atoms with Gasteiger partial charge >= 0.3 is 0 Å². The molecule has 1 aliphatic rings. The Kier molecular flexibility index (Phi) is 7.97. The van der Waals surface area contributed by atoms with E-state index in [1.807, 2.05) is 24.3 Å². The lowest BCUT2D eigenvalue weighted by molar-refractivity contribution is -0.762. The molecule has 42 heavy (non-hydrogen) atoms. The molecule has 0 fully saturated rings. The van der Waals surface area contributed by atoms with Gasteiger partial charge < -0.3 is 9.47 Å².